The maximum Gasteiger partial charge on any atom is 0.143 e. The van der Waals surface area contributed by atoms with E-state index in [1.807, 2.05) is 30.3 Å². The van der Waals surface area contributed by atoms with Gasteiger partial charge in [-0.1, -0.05) is 13.0 Å². The van der Waals surface area contributed by atoms with Crippen LogP contribution < -0.4 is 5.32 Å². The van der Waals surface area contributed by atoms with Gasteiger partial charge in [0.25, 0.3) is 0 Å². The average Bonchev–Trinajstić information content (AvgIpc) is 3.19. The van der Waals surface area contributed by atoms with E-state index in [-0.39, 0.29) is 6.04 Å². The van der Waals surface area contributed by atoms with Crippen LogP contribution in [-0.4, -0.2) is 20.2 Å². The van der Waals surface area contributed by atoms with E-state index in [0.717, 1.165) is 29.1 Å². The molecule has 108 valence electrons. The Labute approximate surface area is 122 Å². The number of anilines is 1. The first-order valence-corrected chi connectivity index (χ1v) is 6.92. The molecular weight excluding hydrogens is 266 g/mol. The molecule has 0 aliphatic rings. The minimum atomic E-state index is 0.142. The van der Waals surface area contributed by atoms with Crippen LogP contribution in [0.5, 0.6) is 0 Å². The molecule has 0 saturated carbocycles. The fraction of sp³-hybridized carbons (Fsp3) is 0.267. The lowest BCUT2D eigenvalue weighted by atomic mass is 10.1. The van der Waals surface area contributed by atoms with Crippen molar-refractivity contribution >= 4 is 5.69 Å². The van der Waals surface area contributed by atoms with Gasteiger partial charge in [-0.2, -0.15) is 0 Å². The van der Waals surface area contributed by atoms with E-state index in [2.05, 4.69) is 34.7 Å². The van der Waals surface area contributed by atoms with Gasteiger partial charge in [-0.3, -0.25) is 0 Å². The first-order valence-electron chi connectivity index (χ1n) is 6.92. The van der Waals surface area contributed by atoms with Crippen LogP contribution in [0.15, 0.2) is 47.3 Å². The van der Waals surface area contributed by atoms with Crippen LogP contribution in [0, 0.1) is 6.92 Å². The number of nitrogens with one attached hydrogen (secondary N) is 1. The maximum absolute atomic E-state index is 5.50. The number of rotatable bonds is 5. The van der Waals surface area contributed by atoms with Gasteiger partial charge in [-0.15, -0.1) is 5.10 Å². The van der Waals surface area contributed by atoms with Crippen molar-refractivity contribution in [2.24, 2.45) is 0 Å². The molecule has 0 spiro atoms. The molecule has 0 saturated heterocycles. The molecule has 0 fully saturated rings. The van der Waals surface area contributed by atoms with E-state index < -0.39 is 0 Å². The summed E-state index contributed by atoms with van der Waals surface area (Å²) in [6.45, 7) is 4.20. The molecule has 1 N–H and O–H groups in total. The molecule has 6 heteroatoms. The van der Waals surface area contributed by atoms with Crippen LogP contribution in [0.1, 0.15) is 30.7 Å². The second-order valence-electron chi connectivity index (χ2n) is 4.87. The summed E-state index contributed by atoms with van der Waals surface area (Å²) in [5.41, 5.74) is 3.13. The molecule has 0 aliphatic carbocycles. The van der Waals surface area contributed by atoms with E-state index in [9.17, 15) is 0 Å². The SMILES string of the molecule is CCC(Nc1cc(-n2cnnn2)ccc1C)c1ccco1. The zero-order valence-corrected chi connectivity index (χ0v) is 12.0. The maximum atomic E-state index is 5.50. The van der Waals surface area contributed by atoms with Crippen molar-refractivity contribution in [1.29, 1.82) is 0 Å². The molecule has 0 radical (unpaired) electrons. The van der Waals surface area contributed by atoms with Gasteiger partial charge in [0.15, 0.2) is 0 Å². The Morgan fingerprint density at radius 3 is 2.90 bits per heavy atom. The Morgan fingerprint density at radius 2 is 2.24 bits per heavy atom. The van der Waals surface area contributed by atoms with Gasteiger partial charge in [-0.05, 0) is 53.6 Å². The molecule has 1 unspecified atom stereocenters. The Hall–Kier alpha value is -2.63. The number of furan rings is 1. The summed E-state index contributed by atoms with van der Waals surface area (Å²) in [5.74, 6) is 0.935. The summed E-state index contributed by atoms with van der Waals surface area (Å²) in [5, 5.41) is 14.8. The van der Waals surface area contributed by atoms with Crippen molar-refractivity contribution in [1.82, 2.24) is 20.2 Å². The number of aromatic nitrogens is 4. The van der Waals surface area contributed by atoms with Crippen molar-refractivity contribution in [2.45, 2.75) is 26.3 Å². The molecule has 1 atom stereocenters. The second kappa shape index (κ2) is 5.78. The number of nitrogens with zero attached hydrogens (tertiary/aromatic N) is 4. The molecule has 3 rings (SSSR count). The zero-order valence-electron chi connectivity index (χ0n) is 12.0. The van der Waals surface area contributed by atoms with Crippen LogP contribution in [0.25, 0.3) is 5.69 Å². The monoisotopic (exact) mass is 283 g/mol. The van der Waals surface area contributed by atoms with E-state index in [0.29, 0.717) is 0 Å². The normalized spacial score (nSPS) is 12.3. The molecule has 2 heterocycles. The molecule has 2 aromatic heterocycles. The third kappa shape index (κ3) is 2.79. The lowest BCUT2D eigenvalue weighted by molar-refractivity contribution is 0.474. The largest absolute Gasteiger partial charge is 0.467 e. The number of hydrogen-bond acceptors (Lipinski definition) is 5. The predicted octanol–water partition coefficient (Wildman–Crippen LogP) is 3.13. The van der Waals surface area contributed by atoms with E-state index >= 15 is 0 Å². The summed E-state index contributed by atoms with van der Waals surface area (Å²) in [6.07, 6.45) is 4.21. The van der Waals surface area contributed by atoms with E-state index in [1.165, 1.54) is 0 Å². The topological polar surface area (TPSA) is 68.8 Å². The van der Waals surface area contributed by atoms with Crippen molar-refractivity contribution in [2.75, 3.05) is 5.32 Å². The average molecular weight is 283 g/mol. The van der Waals surface area contributed by atoms with Crippen LogP contribution in [0.3, 0.4) is 0 Å². The Balaban J connectivity index is 1.89. The fourth-order valence-electron chi connectivity index (χ4n) is 2.24. The van der Waals surface area contributed by atoms with Crippen LogP contribution >= 0.6 is 0 Å². The summed E-state index contributed by atoms with van der Waals surface area (Å²) >= 11 is 0. The lowest BCUT2D eigenvalue weighted by Gasteiger charge is -2.18. The minimum absolute atomic E-state index is 0.142. The molecule has 0 aliphatic heterocycles. The van der Waals surface area contributed by atoms with Gasteiger partial charge < -0.3 is 9.73 Å². The van der Waals surface area contributed by atoms with Gasteiger partial charge in [-0.25, -0.2) is 4.68 Å². The third-order valence-corrected chi connectivity index (χ3v) is 3.46. The van der Waals surface area contributed by atoms with Crippen LogP contribution in [0.4, 0.5) is 5.69 Å². The smallest absolute Gasteiger partial charge is 0.143 e. The summed E-state index contributed by atoms with van der Waals surface area (Å²) < 4.78 is 7.14. The van der Waals surface area contributed by atoms with Gasteiger partial charge in [0, 0.05) is 5.69 Å². The van der Waals surface area contributed by atoms with E-state index in [1.54, 1.807) is 17.3 Å². The number of aryl methyl sites for hydroxylation is 1. The highest BCUT2D eigenvalue weighted by molar-refractivity contribution is 5.57. The molecule has 3 aromatic rings. The predicted molar refractivity (Wildman–Crippen MR) is 79.3 cm³/mol. The quantitative estimate of drug-likeness (QED) is 0.779. The van der Waals surface area contributed by atoms with Gasteiger partial charge in [0.1, 0.15) is 12.1 Å². The molecular formula is C15H17N5O. The van der Waals surface area contributed by atoms with Crippen molar-refractivity contribution in [3.8, 4) is 5.69 Å². The van der Waals surface area contributed by atoms with Crippen molar-refractivity contribution in [3.63, 3.8) is 0 Å². The Bertz CT molecular complexity index is 691. The standard InChI is InChI=1S/C15H17N5O/c1-3-13(15-5-4-8-21-15)17-14-9-12(7-6-11(14)2)20-10-16-18-19-20/h4-10,13,17H,3H2,1-2H3. The van der Waals surface area contributed by atoms with Gasteiger partial charge in [0.05, 0.1) is 18.0 Å². The highest BCUT2D eigenvalue weighted by Gasteiger charge is 2.13. The molecule has 21 heavy (non-hydrogen) atoms. The first kappa shape index (κ1) is 13.4. The second-order valence-corrected chi connectivity index (χ2v) is 4.87. The van der Waals surface area contributed by atoms with E-state index in [4.69, 9.17) is 4.42 Å². The lowest BCUT2D eigenvalue weighted by Crippen LogP contribution is -2.10. The third-order valence-electron chi connectivity index (χ3n) is 3.46. The summed E-state index contributed by atoms with van der Waals surface area (Å²) in [4.78, 5) is 0. The highest BCUT2D eigenvalue weighted by Crippen LogP contribution is 2.26. The number of tetrazole rings is 1. The van der Waals surface area contributed by atoms with Gasteiger partial charge >= 0.3 is 0 Å². The van der Waals surface area contributed by atoms with Crippen molar-refractivity contribution < 1.29 is 4.42 Å². The van der Waals surface area contributed by atoms with Crippen LogP contribution in [-0.2, 0) is 0 Å². The zero-order chi connectivity index (χ0) is 14.7. The fourth-order valence-corrected chi connectivity index (χ4v) is 2.24. The Morgan fingerprint density at radius 1 is 1.33 bits per heavy atom. The first-order chi connectivity index (χ1) is 10.3. The molecule has 1 aromatic carbocycles. The van der Waals surface area contributed by atoms with Crippen molar-refractivity contribution in [3.05, 3.63) is 54.2 Å². The molecule has 0 amide bonds. The molecule has 0 bridgehead atoms. The number of hydrogen-bond donors (Lipinski definition) is 1. The van der Waals surface area contributed by atoms with Crippen LogP contribution in [0.2, 0.25) is 0 Å². The minimum Gasteiger partial charge on any atom is -0.467 e. The summed E-state index contributed by atoms with van der Waals surface area (Å²) in [7, 11) is 0. The molecule has 6 nitrogen and oxygen atoms in total. The number of benzene rings is 1. The summed E-state index contributed by atoms with van der Waals surface area (Å²) in [6, 6.07) is 10.1. The van der Waals surface area contributed by atoms with Gasteiger partial charge in [0.2, 0.25) is 0 Å². The Kier molecular flexibility index (Phi) is 3.68. The highest BCUT2D eigenvalue weighted by atomic mass is 16.3.